The number of esters is 1. The normalized spacial score (nSPS) is 28.5. The smallest absolute Gasteiger partial charge is 0.305 e. The maximum absolute atomic E-state index is 10.9. The monoisotopic (exact) mass is 203 g/mol. The summed E-state index contributed by atoms with van der Waals surface area (Å²) in [5, 5.41) is 0. The molecule has 0 radical (unpaired) electrons. The number of carbonyl (C=O) groups excluding carboxylic acids is 1. The topological polar surface area (TPSA) is 52.3 Å². The Hall–Kier alpha value is -0.220. The van der Waals surface area contributed by atoms with Gasteiger partial charge in [0.25, 0.3) is 0 Å². The molecule has 0 aromatic heterocycles. The van der Waals surface area contributed by atoms with Gasteiger partial charge in [-0.15, -0.1) is 0 Å². The summed E-state index contributed by atoms with van der Waals surface area (Å²) in [7, 11) is 1.43. The van der Waals surface area contributed by atoms with Crippen molar-refractivity contribution in [3.63, 3.8) is 0 Å². The summed E-state index contributed by atoms with van der Waals surface area (Å²) in [4.78, 5) is 10.9. The third-order valence-electron chi connectivity index (χ3n) is 2.48. The van der Waals surface area contributed by atoms with Crippen molar-refractivity contribution in [3.8, 4) is 0 Å². The highest BCUT2D eigenvalue weighted by Gasteiger charge is 2.22. The van der Waals surface area contributed by atoms with Gasteiger partial charge < -0.3 is 10.5 Å². The molecular formula is C9H17NO2S. The quantitative estimate of drug-likeness (QED) is 0.696. The molecule has 0 aromatic carbocycles. The van der Waals surface area contributed by atoms with Crippen LogP contribution in [0.3, 0.4) is 0 Å². The third-order valence-corrected chi connectivity index (χ3v) is 3.67. The summed E-state index contributed by atoms with van der Waals surface area (Å²) in [5.41, 5.74) is 5.94. The van der Waals surface area contributed by atoms with Crippen molar-refractivity contribution in [2.75, 3.05) is 18.6 Å². The summed E-state index contributed by atoms with van der Waals surface area (Å²) in [6.07, 6.45) is 2.47. The first kappa shape index (κ1) is 10.9. The lowest BCUT2D eigenvalue weighted by molar-refractivity contribution is -0.140. The summed E-state index contributed by atoms with van der Waals surface area (Å²) in [5.74, 6) is 2.63. The second-order valence-electron chi connectivity index (χ2n) is 3.40. The van der Waals surface area contributed by atoms with Gasteiger partial charge in [-0.1, -0.05) is 0 Å². The molecule has 1 saturated heterocycles. The Morgan fingerprint density at radius 1 is 1.69 bits per heavy atom. The number of thioether (sulfide) groups is 1. The minimum absolute atomic E-state index is 0.122. The minimum atomic E-state index is -0.122. The van der Waals surface area contributed by atoms with Gasteiger partial charge in [0, 0.05) is 12.5 Å². The van der Waals surface area contributed by atoms with Crippen LogP contribution in [0, 0.1) is 5.92 Å². The number of carbonyl (C=O) groups is 1. The number of hydrogen-bond acceptors (Lipinski definition) is 4. The van der Waals surface area contributed by atoms with E-state index < -0.39 is 0 Å². The fourth-order valence-electron chi connectivity index (χ4n) is 1.52. The molecule has 2 N–H and O–H groups in total. The van der Waals surface area contributed by atoms with Crippen molar-refractivity contribution in [3.05, 3.63) is 0 Å². The lowest BCUT2D eigenvalue weighted by Crippen LogP contribution is -2.35. The first-order valence-corrected chi connectivity index (χ1v) is 5.79. The van der Waals surface area contributed by atoms with Crippen LogP contribution in [-0.2, 0) is 9.53 Å². The summed E-state index contributed by atoms with van der Waals surface area (Å²) in [6, 6.07) is 0.283. The predicted octanol–water partition coefficient (Wildman–Crippen LogP) is 1.02. The van der Waals surface area contributed by atoms with Gasteiger partial charge in [-0.25, -0.2) is 0 Å². The van der Waals surface area contributed by atoms with Crippen LogP contribution in [0.15, 0.2) is 0 Å². The molecule has 1 heterocycles. The van der Waals surface area contributed by atoms with Gasteiger partial charge in [0.2, 0.25) is 0 Å². The molecule has 0 aromatic rings. The van der Waals surface area contributed by atoms with Gasteiger partial charge in [0.1, 0.15) is 0 Å². The minimum Gasteiger partial charge on any atom is -0.469 e. The van der Waals surface area contributed by atoms with Crippen LogP contribution in [0.25, 0.3) is 0 Å². The number of methoxy groups -OCH3 is 1. The molecular weight excluding hydrogens is 186 g/mol. The average molecular weight is 203 g/mol. The molecule has 3 nitrogen and oxygen atoms in total. The molecule has 1 aliphatic heterocycles. The standard InChI is InChI=1S/C9H17NO2S/c1-12-9(11)3-2-7-6-13-5-4-8(7)10/h7-8H,2-6,10H2,1H3/t7-,8+/m0/s1. The Morgan fingerprint density at radius 2 is 2.46 bits per heavy atom. The van der Waals surface area contributed by atoms with Crippen molar-refractivity contribution >= 4 is 17.7 Å². The number of ether oxygens (including phenoxy) is 1. The van der Waals surface area contributed by atoms with Gasteiger partial charge in [-0.3, -0.25) is 4.79 Å². The van der Waals surface area contributed by atoms with Crippen molar-refractivity contribution in [1.29, 1.82) is 0 Å². The molecule has 0 unspecified atom stereocenters. The highest BCUT2D eigenvalue weighted by Crippen LogP contribution is 2.25. The van der Waals surface area contributed by atoms with Gasteiger partial charge in [-0.2, -0.15) is 11.8 Å². The van der Waals surface area contributed by atoms with Gasteiger partial charge >= 0.3 is 5.97 Å². The number of nitrogens with two attached hydrogens (primary N) is 1. The summed E-state index contributed by atoms with van der Waals surface area (Å²) >= 11 is 1.93. The van der Waals surface area contributed by atoms with Crippen LogP contribution < -0.4 is 5.73 Å². The Kier molecular flexibility index (Phi) is 4.59. The van der Waals surface area contributed by atoms with E-state index in [4.69, 9.17) is 5.73 Å². The molecule has 2 atom stereocenters. The highest BCUT2D eigenvalue weighted by atomic mass is 32.2. The van der Waals surface area contributed by atoms with E-state index in [1.54, 1.807) is 0 Å². The van der Waals surface area contributed by atoms with Crippen LogP contribution in [0.1, 0.15) is 19.3 Å². The average Bonchev–Trinajstić information content (AvgIpc) is 2.16. The lowest BCUT2D eigenvalue weighted by atomic mass is 9.95. The van der Waals surface area contributed by atoms with Gasteiger partial charge in [-0.05, 0) is 30.3 Å². The molecule has 1 aliphatic rings. The van der Waals surface area contributed by atoms with Crippen LogP contribution in [0.4, 0.5) is 0 Å². The van der Waals surface area contributed by atoms with E-state index in [9.17, 15) is 4.79 Å². The Balaban J connectivity index is 2.22. The molecule has 0 saturated carbocycles. The fourth-order valence-corrected chi connectivity index (χ4v) is 2.84. The molecule has 1 rings (SSSR count). The van der Waals surface area contributed by atoms with Crippen LogP contribution in [-0.4, -0.2) is 30.6 Å². The third kappa shape index (κ3) is 3.56. The van der Waals surface area contributed by atoms with Gasteiger partial charge in [0.05, 0.1) is 7.11 Å². The zero-order valence-corrected chi connectivity index (χ0v) is 8.81. The second-order valence-corrected chi connectivity index (χ2v) is 4.55. The Morgan fingerprint density at radius 3 is 3.08 bits per heavy atom. The zero-order chi connectivity index (χ0) is 9.68. The maximum atomic E-state index is 10.9. The fraction of sp³-hybridized carbons (Fsp3) is 0.889. The van der Waals surface area contributed by atoms with E-state index in [0.717, 1.165) is 24.3 Å². The largest absolute Gasteiger partial charge is 0.469 e. The van der Waals surface area contributed by atoms with E-state index in [1.807, 2.05) is 11.8 Å². The molecule has 13 heavy (non-hydrogen) atoms. The van der Waals surface area contributed by atoms with E-state index >= 15 is 0 Å². The highest BCUT2D eigenvalue weighted by molar-refractivity contribution is 7.99. The summed E-state index contributed by atoms with van der Waals surface area (Å²) in [6.45, 7) is 0. The zero-order valence-electron chi connectivity index (χ0n) is 7.99. The first-order valence-electron chi connectivity index (χ1n) is 4.64. The Bertz CT molecular complexity index is 175. The van der Waals surface area contributed by atoms with Crippen LogP contribution >= 0.6 is 11.8 Å². The lowest BCUT2D eigenvalue weighted by Gasteiger charge is -2.27. The van der Waals surface area contributed by atoms with E-state index in [0.29, 0.717) is 12.3 Å². The molecule has 0 spiro atoms. The Labute approximate surface area is 83.4 Å². The van der Waals surface area contributed by atoms with Crippen molar-refractivity contribution in [2.24, 2.45) is 11.7 Å². The predicted molar refractivity (Wildman–Crippen MR) is 54.7 cm³/mol. The van der Waals surface area contributed by atoms with E-state index in [1.165, 1.54) is 7.11 Å². The van der Waals surface area contributed by atoms with E-state index in [2.05, 4.69) is 4.74 Å². The molecule has 76 valence electrons. The first-order chi connectivity index (χ1) is 6.24. The number of rotatable bonds is 3. The number of hydrogen-bond donors (Lipinski definition) is 1. The van der Waals surface area contributed by atoms with E-state index in [-0.39, 0.29) is 12.0 Å². The molecule has 0 bridgehead atoms. The summed E-state index contributed by atoms with van der Waals surface area (Å²) < 4.78 is 4.59. The second kappa shape index (κ2) is 5.50. The molecule has 4 heteroatoms. The van der Waals surface area contributed by atoms with Gasteiger partial charge in [0.15, 0.2) is 0 Å². The molecule has 0 aliphatic carbocycles. The van der Waals surface area contributed by atoms with Crippen molar-refractivity contribution in [2.45, 2.75) is 25.3 Å². The van der Waals surface area contributed by atoms with Crippen molar-refractivity contribution < 1.29 is 9.53 Å². The molecule has 1 fully saturated rings. The maximum Gasteiger partial charge on any atom is 0.305 e. The SMILES string of the molecule is COC(=O)CC[C@H]1CSCC[C@H]1N. The van der Waals surface area contributed by atoms with Crippen LogP contribution in [0.2, 0.25) is 0 Å². The molecule has 0 amide bonds. The van der Waals surface area contributed by atoms with Crippen molar-refractivity contribution in [1.82, 2.24) is 0 Å². The van der Waals surface area contributed by atoms with Crippen LogP contribution in [0.5, 0.6) is 0 Å².